The summed E-state index contributed by atoms with van der Waals surface area (Å²) in [5, 5.41) is -3.75. The van der Waals surface area contributed by atoms with E-state index >= 15 is 0 Å². The van der Waals surface area contributed by atoms with Crippen LogP contribution in [0.4, 0.5) is 0 Å². The van der Waals surface area contributed by atoms with Crippen molar-refractivity contribution in [3.8, 4) is 0 Å². The number of hydrogen-bond donors (Lipinski definition) is 0. The van der Waals surface area contributed by atoms with E-state index < -0.39 is 50.6 Å². The van der Waals surface area contributed by atoms with Gasteiger partial charge in [-0.1, -0.05) is 0 Å². The van der Waals surface area contributed by atoms with Crippen LogP contribution in [-0.2, 0) is 57.5 Å². The summed E-state index contributed by atoms with van der Waals surface area (Å²) in [6.45, 7) is 0. The van der Waals surface area contributed by atoms with Crippen molar-refractivity contribution in [2.75, 3.05) is 10.2 Å². The van der Waals surface area contributed by atoms with Gasteiger partial charge in [0.1, 0.15) is 50.6 Å². The predicted octanol–water partition coefficient (Wildman–Crippen LogP) is -3.93. The van der Waals surface area contributed by atoms with Gasteiger partial charge in [-0.25, -0.2) is 33.7 Å². The number of rotatable bonds is 4. The molecule has 0 aromatic rings. The molecule has 0 N–H and O–H groups in total. The molecule has 0 fully saturated rings. The maximum absolute atomic E-state index is 9.51. The Hall–Kier alpha value is 0.159. The predicted molar refractivity (Wildman–Crippen MR) is 48.5 cm³/mol. The summed E-state index contributed by atoms with van der Waals surface area (Å²) in [7, 11) is -19.7. The topological polar surface area (TPSA) is 229 Å². The second-order valence-corrected chi connectivity index (χ2v) is 8.81. The van der Waals surface area contributed by atoms with Crippen LogP contribution >= 0.6 is 0 Å². The van der Waals surface area contributed by atoms with Gasteiger partial charge in [0.2, 0.25) is 0 Å². The maximum atomic E-state index is 9.51. The molecule has 0 aromatic carbocycles. The van der Waals surface area contributed by atoms with E-state index in [0.717, 1.165) is 0 Å². The zero-order valence-electron chi connectivity index (χ0n) is 8.32. The van der Waals surface area contributed by atoms with Gasteiger partial charge in [-0.05, 0) is 0 Å². The first kappa shape index (κ1) is 24.2. The Balaban J connectivity index is -0.000000256. The SMILES string of the molecule is O=S(=O)([O-])CS(=O)(=O)[O-].O=S(=O)([O-])CS(=O)(=O)[O-].[Mn+4]. The van der Waals surface area contributed by atoms with Crippen molar-refractivity contribution in [3.05, 3.63) is 0 Å². The van der Waals surface area contributed by atoms with Crippen LogP contribution in [0.15, 0.2) is 0 Å². The summed E-state index contributed by atoms with van der Waals surface area (Å²) in [6, 6.07) is 0. The van der Waals surface area contributed by atoms with E-state index in [1.54, 1.807) is 0 Å². The Morgan fingerprint density at radius 2 is 0.579 bits per heavy atom. The van der Waals surface area contributed by atoms with Gasteiger partial charge in [-0.2, -0.15) is 0 Å². The summed E-state index contributed by atoms with van der Waals surface area (Å²) in [6.07, 6.45) is 0. The molecule has 1 radical (unpaired) electrons. The van der Waals surface area contributed by atoms with Crippen molar-refractivity contribution < 1.29 is 69.0 Å². The first-order valence-electron chi connectivity index (χ1n) is 3.15. The third kappa shape index (κ3) is 32.1. The fourth-order valence-corrected chi connectivity index (χ4v) is 3.18. The van der Waals surface area contributed by atoms with Crippen LogP contribution < -0.4 is 0 Å². The molecular weight excluding hydrogens is 399 g/mol. The molecule has 0 unspecified atom stereocenters. The molecule has 0 amide bonds. The third-order valence-corrected chi connectivity index (χ3v) is 5.20. The Morgan fingerprint density at radius 1 is 0.474 bits per heavy atom. The Morgan fingerprint density at radius 3 is 0.579 bits per heavy atom. The average molecular weight is 403 g/mol. The van der Waals surface area contributed by atoms with E-state index in [1.807, 2.05) is 0 Å². The van der Waals surface area contributed by atoms with Gasteiger partial charge in [0, 0.05) is 0 Å². The quantitative estimate of drug-likeness (QED) is 0.323. The third-order valence-electron chi connectivity index (χ3n) is 0.577. The maximum Gasteiger partial charge on any atom is 4.00 e. The molecule has 0 saturated carbocycles. The van der Waals surface area contributed by atoms with E-state index in [-0.39, 0.29) is 17.1 Å². The Kier molecular flexibility index (Phi) is 9.95. The molecule has 0 aliphatic carbocycles. The standard InChI is InChI=1S/2CH4O6S2.Mn/c2*2-8(3,4)1-9(5,6)7;/h2*1H2,(H,2,3,4)(H,5,6,7);/q;;+4/p-4. The second kappa shape index (κ2) is 7.81. The van der Waals surface area contributed by atoms with Crippen LogP contribution in [0.5, 0.6) is 0 Å². The molecule has 0 rings (SSSR count). The fraction of sp³-hybridized carbons (Fsp3) is 1.00. The van der Waals surface area contributed by atoms with Gasteiger partial charge in [-0.15, -0.1) is 0 Å². The van der Waals surface area contributed by atoms with Crippen LogP contribution in [-0.4, -0.2) is 62.1 Å². The van der Waals surface area contributed by atoms with Gasteiger partial charge < -0.3 is 18.2 Å². The van der Waals surface area contributed by atoms with Gasteiger partial charge in [-0.3, -0.25) is 0 Å². The van der Waals surface area contributed by atoms with E-state index in [9.17, 15) is 51.9 Å². The minimum atomic E-state index is -4.93. The average Bonchev–Trinajstić information content (AvgIpc) is 1.64. The summed E-state index contributed by atoms with van der Waals surface area (Å²) < 4.78 is 114. The van der Waals surface area contributed by atoms with E-state index in [2.05, 4.69) is 0 Å². The minimum absolute atomic E-state index is 0. The summed E-state index contributed by atoms with van der Waals surface area (Å²) in [5.41, 5.74) is 0. The van der Waals surface area contributed by atoms with Gasteiger partial charge in [0.15, 0.2) is 0 Å². The zero-order chi connectivity index (χ0) is 15.4. The van der Waals surface area contributed by atoms with E-state index in [1.165, 1.54) is 0 Å². The molecule has 0 aliphatic rings. The molecule has 115 valence electrons. The van der Waals surface area contributed by atoms with Crippen molar-refractivity contribution in [1.82, 2.24) is 0 Å². The van der Waals surface area contributed by atoms with Crippen molar-refractivity contribution >= 4 is 40.5 Å². The van der Waals surface area contributed by atoms with Crippen LogP contribution in [0.3, 0.4) is 0 Å². The molecule has 0 spiro atoms. The fourth-order valence-electron chi connectivity index (χ4n) is 0.354. The van der Waals surface area contributed by atoms with Crippen LogP contribution in [0.2, 0.25) is 0 Å². The van der Waals surface area contributed by atoms with Crippen LogP contribution in [0.25, 0.3) is 0 Å². The van der Waals surface area contributed by atoms with Crippen molar-refractivity contribution in [2.45, 2.75) is 0 Å². The summed E-state index contributed by atoms with van der Waals surface area (Å²) >= 11 is 0. The molecule has 0 bridgehead atoms. The van der Waals surface area contributed by atoms with Gasteiger partial charge in [0.25, 0.3) is 0 Å². The molecule has 17 heteroatoms. The molecule has 19 heavy (non-hydrogen) atoms. The molecule has 0 atom stereocenters. The van der Waals surface area contributed by atoms with E-state index in [4.69, 9.17) is 0 Å². The van der Waals surface area contributed by atoms with Gasteiger partial charge >= 0.3 is 17.1 Å². The smallest absolute Gasteiger partial charge is 0.747 e. The van der Waals surface area contributed by atoms with E-state index in [0.29, 0.717) is 0 Å². The monoisotopic (exact) mass is 403 g/mol. The molecule has 12 nitrogen and oxygen atoms in total. The van der Waals surface area contributed by atoms with Crippen LogP contribution in [0, 0.1) is 0 Å². The molecule has 0 heterocycles. The van der Waals surface area contributed by atoms with Crippen molar-refractivity contribution in [3.63, 3.8) is 0 Å². The first-order chi connectivity index (χ1) is 7.41. The zero-order valence-corrected chi connectivity index (χ0v) is 12.8. The first-order valence-corrected chi connectivity index (χ1v) is 9.46. The Labute approximate surface area is 119 Å². The van der Waals surface area contributed by atoms with Crippen molar-refractivity contribution in [1.29, 1.82) is 0 Å². The summed E-state index contributed by atoms with van der Waals surface area (Å²) in [5.74, 6) is 0. The molecule has 0 aliphatic heterocycles. The largest absolute Gasteiger partial charge is 4.00 e. The summed E-state index contributed by atoms with van der Waals surface area (Å²) in [4.78, 5) is 0. The molecule has 0 aromatic heterocycles. The molecular formula is C2H4MnO12S4. The Bertz CT molecular complexity index is 540. The second-order valence-electron chi connectivity index (χ2n) is 2.47. The number of hydrogen-bond acceptors (Lipinski definition) is 12. The normalized spacial score (nSPS) is 12.8. The van der Waals surface area contributed by atoms with Gasteiger partial charge in [0.05, 0.1) is 0 Å². The minimum Gasteiger partial charge on any atom is -0.747 e. The molecule has 0 saturated heterocycles. The van der Waals surface area contributed by atoms with Crippen LogP contribution in [0.1, 0.15) is 0 Å². The van der Waals surface area contributed by atoms with Crippen molar-refractivity contribution in [2.24, 2.45) is 0 Å².